The molecule has 0 saturated heterocycles. The standard InChI is InChI=1S/C11H11ClN2/c1-7-4-11(7)14-10-3-2-8(6-13)5-9(10)12/h2-3,5,7,11,14H,4H2,1H3. The van der Waals surface area contributed by atoms with Gasteiger partial charge in [-0.15, -0.1) is 0 Å². The molecule has 1 saturated carbocycles. The second kappa shape index (κ2) is 3.51. The zero-order valence-corrected chi connectivity index (χ0v) is 8.67. The molecule has 0 heterocycles. The van der Waals surface area contributed by atoms with E-state index in [0.717, 1.165) is 11.6 Å². The first-order valence-electron chi connectivity index (χ1n) is 4.67. The number of halogens is 1. The van der Waals surface area contributed by atoms with E-state index in [4.69, 9.17) is 16.9 Å². The number of nitriles is 1. The summed E-state index contributed by atoms with van der Waals surface area (Å²) in [5, 5.41) is 12.6. The molecule has 2 atom stereocenters. The molecule has 2 rings (SSSR count). The van der Waals surface area contributed by atoms with E-state index in [1.54, 1.807) is 12.1 Å². The van der Waals surface area contributed by atoms with E-state index in [1.165, 1.54) is 6.42 Å². The maximum absolute atomic E-state index is 8.66. The molecule has 0 amide bonds. The second-order valence-corrected chi connectivity index (χ2v) is 4.18. The largest absolute Gasteiger partial charge is 0.381 e. The summed E-state index contributed by atoms with van der Waals surface area (Å²) in [6, 6.07) is 7.95. The third-order valence-electron chi connectivity index (χ3n) is 2.55. The fourth-order valence-corrected chi connectivity index (χ4v) is 1.66. The van der Waals surface area contributed by atoms with Crippen molar-refractivity contribution in [3.63, 3.8) is 0 Å². The van der Waals surface area contributed by atoms with E-state index in [1.807, 2.05) is 6.07 Å². The first kappa shape index (κ1) is 9.36. The maximum Gasteiger partial charge on any atom is 0.0992 e. The first-order chi connectivity index (χ1) is 6.70. The highest BCUT2D eigenvalue weighted by Gasteiger charge is 2.32. The first-order valence-corrected chi connectivity index (χ1v) is 5.04. The van der Waals surface area contributed by atoms with Crippen LogP contribution in [0.25, 0.3) is 0 Å². The Morgan fingerprint density at radius 1 is 1.57 bits per heavy atom. The van der Waals surface area contributed by atoms with Crippen molar-refractivity contribution in [2.75, 3.05) is 5.32 Å². The summed E-state index contributed by atoms with van der Waals surface area (Å²) >= 11 is 6.01. The van der Waals surface area contributed by atoms with Crippen LogP contribution in [-0.2, 0) is 0 Å². The highest BCUT2D eigenvalue weighted by Crippen LogP contribution is 2.34. The quantitative estimate of drug-likeness (QED) is 0.808. The number of rotatable bonds is 2. The third-order valence-corrected chi connectivity index (χ3v) is 2.86. The van der Waals surface area contributed by atoms with Crippen molar-refractivity contribution in [1.82, 2.24) is 0 Å². The highest BCUT2D eigenvalue weighted by molar-refractivity contribution is 6.33. The summed E-state index contributed by atoms with van der Waals surface area (Å²) in [5.74, 6) is 0.738. The Bertz CT molecular complexity index is 395. The van der Waals surface area contributed by atoms with Crippen LogP contribution >= 0.6 is 11.6 Å². The van der Waals surface area contributed by atoms with Crippen molar-refractivity contribution in [3.8, 4) is 6.07 Å². The Morgan fingerprint density at radius 3 is 2.79 bits per heavy atom. The minimum Gasteiger partial charge on any atom is -0.381 e. The van der Waals surface area contributed by atoms with Gasteiger partial charge in [0, 0.05) is 6.04 Å². The second-order valence-electron chi connectivity index (χ2n) is 3.77. The summed E-state index contributed by atoms with van der Waals surface area (Å²) in [5.41, 5.74) is 1.53. The molecule has 0 bridgehead atoms. The van der Waals surface area contributed by atoms with Crippen LogP contribution < -0.4 is 5.32 Å². The fourth-order valence-electron chi connectivity index (χ4n) is 1.42. The predicted molar refractivity (Wildman–Crippen MR) is 57.4 cm³/mol. The van der Waals surface area contributed by atoms with Crippen molar-refractivity contribution < 1.29 is 0 Å². The number of nitrogens with zero attached hydrogens (tertiary/aromatic N) is 1. The van der Waals surface area contributed by atoms with Gasteiger partial charge in [-0.1, -0.05) is 18.5 Å². The number of anilines is 1. The van der Waals surface area contributed by atoms with Gasteiger partial charge in [0.25, 0.3) is 0 Å². The molecule has 1 N–H and O–H groups in total. The Hall–Kier alpha value is -1.20. The molecule has 0 radical (unpaired) electrons. The zero-order chi connectivity index (χ0) is 10.1. The Balaban J connectivity index is 2.15. The molecular formula is C11H11ClN2. The fraction of sp³-hybridized carbons (Fsp3) is 0.364. The van der Waals surface area contributed by atoms with Crippen molar-refractivity contribution in [1.29, 1.82) is 5.26 Å². The van der Waals surface area contributed by atoms with Crippen molar-refractivity contribution in [3.05, 3.63) is 28.8 Å². The molecule has 1 aromatic rings. The molecule has 1 fully saturated rings. The molecule has 2 nitrogen and oxygen atoms in total. The molecule has 0 aromatic heterocycles. The predicted octanol–water partition coefficient (Wildman–Crippen LogP) is 3.03. The number of nitrogens with one attached hydrogen (secondary N) is 1. The average molecular weight is 207 g/mol. The monoisotopic (exact) mass is 206 g/mol. The van der Waals surface area contributed by atoms with E-state index < -0.39 is 0 Å². The lowest BCUT2D eigenvalue weighted by atomic mass is 10.2. The molecule has 0 spiro atoms. The highest BCUT2D eigenvalue weighted by atomic mass is 35.5. The lowest BCUT2D eigenvalue weighted by Crippen LogP contribution is -2.03. The zero-order valence-electron chi connectivity index (χ0n) is 7.92. The van der Waals surface area contributed by atoms with Crippen LogP contribution in [0.3, 0.4) is 0 Å². The van der Waals surface area contributed by atoms with Crippen LogP contribution in [0.1, 0.15) is 18.9 Å². The summed E-state index contributed by atoms with van der Waals surface area (Å²) < 4.78 is 0. The average Bonchev–Trinajstić information content (AvgIpc) is 2.85. The minimum absolute atomic E-state index is 0.556. The van der Waals surface area contributed by atoms with E-state index in [-0.39, 0.29) is 0 Å². The smallest absolute Gasteiger partial charge is 0.0992 e. The normalized spacial score (nSPS) is 24.1. The van der Waals surface area contributed by atoms with E-state index in [0.29, 0.717) is 16.6 Å². The van der Waals surface area contributed by atoms with Crippen LogP contribution in [0.5, 0.6) is 0 Å². The summed E-state index contributed by atoms with van der Waals surface area (Å²) in [6.07, 6.45) is 1.20. The lowest BCUT2D eigenvalue weighted by Gasteiger charge is -2.07. The third kappa shape index (κ3) is 1.83. The number of hydrogen-bond donors (Lipinski definition) is 1. The van der Waals surface area contributed by atoms with Gasteiger partial charge in [0.05, 0.1) is 22.3 Å². The molecule has 1 aliphatic carbocycles. The van der Waals surface area contributed by atoms with Crippen molar-refractivity contribution in [2.24, 2.45) is 5.92 Å². The van der Waals surface area contributed by atoms with Crippen LogP contribution in [0.4, 0.5) is 5.69 Å². The Morgan fingerprint density at radius 2 is 2.29 bits per heavy atom. The molecule has 2 unspecified atom stereocenters. The topological polar surface area (TPSA) is 35.8 Å². The SMILES string of the molecule is CC1CC1Nc1ccc(C#N)cc1Cl. The lowest BCUT2D eigenvalue weighted by molar-refractivity contribution is 0.929. The summed E-state index contributed by atoms with van der Waals surface area (Å²) in [4.78, 5) is 0. The Kier molecular flexibility index (Phi) is 2.35. The van der Waals surface area contributed by atoms with E-state index in [2.05, 4.69) is 18.3 Å². The van der Waals surface area contributed by atoms with Gasteiger partial charge < -0.3 is 5.32 Å². The molecule has 1 aliphatic rings. The minimum atomic E-state index is 0.556. The summed E-state index contributed by atoms with van der Waals surface area (Å²) in [6.45, 7) is 2.20. The van der Waals surface area contributed by atoms with Crippen LogP contribution in [0, 0.1) is 17.2 Å². The summed E-state index contributed by atoms with van der Waals surface area (Å²) in [7, 11) is 0. The molecule has 14 heavy (non-hydrogen) atoms. The molecular weight excluding hydrogens is 196 g/mol. The van der Waals surface area contributed by atoms with Crippen LogP contribution in [0.15, 0.2) is 18.2 Å². The molecule has 72 valence electrons. The van der Waals surface area contributed by atoms with E-state index in [9.17, 15) is 0 Å². The van der Waals surface area contributed by atoms with Gasteiger partial charge in [0.2, 0.25) is 0 Å². The molecule has 1 aromatic carbocycles. The Labute approximate surface area is 88.5 Å². The van der Waals surface area contributed by atoms with Gasteiger partial charge >= 0.3 is 0 Å². The van der Waals surface area contributed by atoms with E-state index >= 15 is 0 Å². The van der Waals surface area contributed by atoms with Gasteiger partial charge in [0.15, 0.2) is 0 Å². The maximum atomic E-state index is 8.66. The van der Waals surface area contributed by atoms with Gasteiger partial charge in [-0.25, -0.2) is 0 Å². The van der Waals surface area contributed by atoms with Gasteiger partial charge in [-0.2, -0.15) is 5.26 Å². The molecule has 0 aliphatic heterocycles. The van der Waals surface area contributed by atoms with Crippen molar-refractivity contribution >= 4 is 17.3 Å². The van der Waals surface area contributed by atoms with Crippen molar-refractivity contribution in [2.45, 2.75) is 19.4 Å². The van der Waals surface area contributed by atoms with Crippen LogP contribution in [0.2, 0.25) is 5.02 Å². The van der Waals surface area contributed by atoms with Gasteiger partial charge in [0.1, 0.15) is 0 Å². The van der Waals surface area contributed by atoms with Gasteiger partial charge in [-0.05, 0) is 30.5 Å². The number of hydrogen-bond acceptors (Lipinski definition) is 2. The van der Waals surface area contributed by atoms with Gasteiger partial charge in [-0.3, -0.25) is 0 Å². The van der Waals surface area contributed by atoms with Crippen LogP contribution in [-0.4, -0.2) is 6.04 Å². The number of benzene rings is 1. The molecule has 3 heteroatoms.